The number of anilines is 1. The smallest absolute Gasteiger partial charge is 0.259 e. The molecule has 1 spiro atoms. The summed E-state index contributed by atoms with van der Waals surface area (Å²) >= 11 is 6.20. The first-order valence-electron chi connectivity index (χ1n) is 10.9. The Hall–Kier alpha value is -3.37. The number of benzene rings is 1. The molecule has 5 rings (SSSR count). The van der Waals surface area contributed by atoms with Crippen LogP contribution in [0.2, 0.25) is 5.02 Å². The Balaban J connectivity index is 1.33. The maximum Gasteiger partial charge on any atom is 0.259 e. The highest BCUT2D eigenvalue weighted by Crippen LogP contribution is 2.45. The van der Waals surface area contributed by atoms with Crippen LogP contribution >= 0.6 is 11.6 Å². The van der Waals surface area contributed by atoms with Gasteiger partial charge in [-0.2, -0.15) is 15.2 Å². The Morgan fingerprint density at radius 1 is 1.35 bits per heavy atom. The van der Waals surface area contributed by atoms with Crippen molar-refractivity contribution in [2.45, 2.75) is 31.7 Å². The molecule has 176 valence electrons. The van der Waals surface area contributed by atoms with Crippen LogP contribution in [0.15, 0.2) is 48.0 Å². The van der Waals surface area contributed by atoms with Crippen molar-refractivity contribution >= 4 is 40.5 Å². The monoisotopic (exact) mass is 484 g/mol. The van der Waals surface area contributed by atoms with E-state index in [9.17, 15) is 14.0 Å². The van der Waals surface area contributed by atoms with Gasteiger partial charge in [0, 0.05) is 25.5 Å². The Labute approximate surface area is 199 Å². The number of nitrogens with one attached hydrogen (secondary N) is 1. The van der Waals surface area contributed by atoms with Gasteiger partial charge in [-0.3, -0.25) is 9.59 Å². The Morgan fingerprint density at radius 2 is 2.15 bits per heavy atom. The van der Waals surface area contributed by atoms with Crippen molar-refractivity contribution in [2.24, 2.45) is 10.5 Å². The van der Waals surface area contributed by atoms with E-state index in [4.69, 9.17) is 16.3 Å². The molecule has 1 saturated carbocycles. The fraction of sp³-hybridized carbons (Fsp3) is 0.348. The van der Waals surface area contributed by atoms with Gasteiger partial charge in [-0.25, -0.2) is 13.9 Å². The van der Waals surface area contributed by atoms with Crippen LogP contribution in [-0.2, 0) is 9.53 Å². The summed E-state index contributed by atoms with van der Waals surface area (Å²) in [6, 6.07) is 5.47. The highest BCUT2D eigenvalue weighted by Gasteiger charge is 2.53. The van der Waals surface area contributed by atoms with Gasteiger partial charge in [-0.05, 0) is 49.9 Å². The van der Waals surface area contributed by atoms with Crippen molar-refractivity contribution in [3.05, 3.63) is 59.3 Å². The lowest BCUT2D eigenvalue weighted by Gasteiger charge is -2.36. The number of nitrogens with zero attached hydrogens (tertiary/aromatic N) is 5. The molecular weight excluding hydrogens is 463 g/mol. The minimum Gasteiger partial charge on any atom is -0.379 e. The van der Waals surface area contributed by atoms with Crippen molar-refractivity contribution in [1.29, 1.82) is 0 Å². The summed E-state index contributed by atoms with van der Waals surface area (Å²) in [7, 11) is 1.55. The second-order valence-electron chi connectivity index (χ2n) is 8.47. The number of amides is 2. The van der Waals surface area contributed by atoms with E-state index in [1.54, 1.807) is 30.1 Å². The summed E-state index contributed by atoms with van der Waals surface area (Å²) in [4.78, 5) is 30.7. The number of hydrazone groups is 1. The number of hydrogen-bond donors (Lipinski definition) is 1. The zero-order valence-electron chi connectivity index (χ0n) is 18.4. The van der Waals surface area contributed by atoms with Crippen molar-refractivity contribution in [3.8, 4) is 0 Å². The number of aromatic nitrogens is 3. The van der Waals surface area contributed by atoms with E-state index in [2.05, 4.69) is 20.5 Å². The first kappa shape index (κ1) is 22.4. The third kappa shape index (κ3) is 3.72. The van der Waals surface area contributed by atoms with E-state index >= 15 is 0 Å². The quantitative estimate of drug-likeness (QED) is 0.599. The van der Waals surface area contributed by atoms with Gasteiger partial charge in [-0.15, -0.1) is 0 Å². The van der Waals surface area contributed by atoms with Gasteiger partial charge in [0.1, 0.15) is 11.4 Å². The van der Waals surface area contributed by atoms with Gasteiger partial charge in [0.05, 0.1) is 34.6 Å². The van der Waals surface area contributed by atoms with Gasteiger partial charge < -0.3 is 10.1 Å². The van der Waals surface area contributed by atoms with E-state index < -0.39 is 11.2 Å². The van der Waals surface area contributed by atoms with Gasteiger partial charge >= 0.3 is 0 Å². The number of hydrogen-bond acceptors (Lipinski definition) is 6. The van der Waals surface area contributed by atoms with Crippen LogP contribution in [0.4, 0.5) is 10.1 Å². The molecule has 1 aliphatic carbocycles. The summed E-state index contributed by atoms with van der Waals surface area (Å²) in [5.41, 5.74) is 0.976. The predicted octanol–water partition coefficient (Wildman–Crippen LogP) is 3.23. The fourth-order valence-electron chi connectivity index (χ4n) is 4.72. The molecule has 0 bridgehead atoms. The molecule has 9 nitrogen and oxygen atoms in total. The highest BCUT2D eigenvalue weighted by atomic mass is 35.5. The van der Waals surface area contributed by atoms with Crippen LogP contribution in [0, 0.1) is 11.2 Å². The van der Waals surface area contributed by atoms with Gasteiger partial charge in [0.2, 0.25) is 0 Å². The maximum absolute atomic E-state index is 13.6. The summed E-state index contributed by atoms with van der Waals surface area (Å²) < 4.78 is 20.4. The number of carbonyl (C=O) groups excluding carboxylic acids is 2. The molecule has 2 aliphatic rings. The highest BCUT2D eigenvalue weighted by molar-refractivity contribution is 6.34. The number of methoxy groups -OCH3 is 1. The first-order chi connectivity index (χ1) is 16.4. The first-order valence-corrected chi connectivity index (χ1v) is 11.3. The predicted molar refractivity (Wildman–Crippen MR) is 123 cm³/mol. The molecule has 1 N–H and O–H groups in total. The molecular formula is C23H22ClFN6O3. The Morgan fingerprint density at radius 3 is 2.88 bits per heavy atom. The summed E-state index contributed by atoms with van der Waals surface area (Å²) in [6.07, 6.45) is 6.97. The van der Waals surface area contributed by atoms with Crippen LogP contribution in [-0.4, -0.2) is 51.9 Å². The van der Waals surface area contributed by atoms with E-state index in [0.29, 0.717) is 48.3 Å². The number of carbonyl (C=O) groups is 2. The second-order valence-corrected chi connectivity index (χ2v) is 8.88. The van der Waals surface area contributed by atoms with E-state index in [1.807, 2.05) is 0 Å². The summed E-state index contributed by atoms with van der Waals surface area (Å²) in [5.74, 6) is -0.962. The van der Waals surface area contributed by atoms with E-state index in [1.165, 1.54) is 23.3 Å². The molecule has 0 saturated heterocycles. The molecule has 11 heteroatoms. The summed E-state index contributed by atoms with van der Waals surface area (Å²) in [6.45, 7) is 0.187. The largest absolute Gasteiger partial charge is 0.379 e. The third-order valence-electron chi connectivity index (χ3n) is 6.49. The molecule has 34 heavy (non-hydrogen) atoms. The van der Waals surface area contributed by atoms with Crippen LogP contribution in [0.5, 0.6) is 0 Å². The maximum atomic E-state index is 13.6. The fourth-order valence-corrected chi connectivity index (χ4v) is 4.96. The molecule has 0 atom stereocenters. The molecule has 2 aromatic heterocycles. The zero-order chi connectivity index (χ0) is 23.9. The number of rotatable bonds is 5. The van der Waals surface area contributed by atoms with Crippen LogP contribution < -0.4 is 10.3 Å². The SMILES string of the molecule is COCC1=NN(c2ccc(F)cc2Cl)C(=O)[C@]12CC[C@H](NC(=O)c1cnn3cccnc13)CC2. The van der Waals surface area contributed by atoms with Crippen LogP contribution in [0.25, 0.3) is 5.65 Å². The van der Waals surface area contributed by atoms with Gasteiger partial charge in [-0.1, -0.05) is 11.6 Å². The lowest BCUT2D eigenvalue weighted by Crippen LogP contribution is -2.48. The van der Waals surface area contributed by atoms with E-state index in [0.717, 1.165) is 6.07 Å². The second kappa shape index (κ2) is 8.77. The van der Waals surface area contributed by atoms with Gasteiger partial charge in [0.25, 0.3) is 11.8 Å². The van der Waals surface area contributed by atoms with Crippen molar-refractivity contribution < 1.29 is 18.7 Å². The average molecular weight is 485 g/mol. The Bertz CT molecular complexity index is 1300. The number of halogens is 2. The normalized spacial score (nSPS) is 22.4. The van der Waals surface area contributed by atoms with E-state index in [-0.39, 0.29) is 29.5 Å². The number of ether oxygens (including phenoxy) is 1. The van der Waals surface area contributed by atoms with Crippen molar-refractivity contribution in [1.82, 2.24) is 19.9 Å². The van der Waals surface area contributed by atoms with Crippen molar-refractivity contribution in [2.75, 3.05) is 18.7 Å². The molecule has 0 unspecified atom stereocenters. The Kier molecular flexibility index (Phi) is 5.78. The molecule has 1 fully saturated rings. The lowest BCUT2D eigenvalue weighted by atomic mass is 9.69. The lowest BCUT2D eigenvalue weighted by molar-refractivity contribution is -0.125. The standard InChI is InChI=1S/C23H22ClFN6O3/c1-34-13-19-23(22(33)31(29-19)18-4-3-14(25)11-17(18)24)7-5-15(6-8-23)28-21(32)16-12-27-30-10-2-9-26-20(16)30/h2-4,9-12,15H,5-8,13H2,1H3,(H,28,32)/t15-,23-. The van der Waals surface area contributed by atoms with Crippen LogP contribution in [0.1, 0.15) is 36.0 Å². The van der Waals surface area contributed by atoms with Crippen molar-refractivity contribution in [3.63, 3.8) is 0 Å². The van der Waals surface area contributed by atoms with Gasteiger partial charge in [0.15, 0.2) is 5.65 Å². The molecule has 1 aliphatic heterocycles. The number of fused-ring (bicyclic) bond motifs is 1. The minimum atomic E-state index is -0.846. The third-order valence-corrected chi connectivity index (χ3v) is 6.79. The minimum absolute atomic E-state index is 0.105. The molecule has 0 radical (unpaired) electrons. The molecule has 3 heterocycles. The van der Waals surface area contributed by atoms with Crippen LogP contribution in [0.3, 0.4) is 0 Å². The topological polar surface area (TPSA) is 101 Å². The summed E-state index contributed by atoms with van der Waals surface area (Å²) in [5, 5.41) is 13.1. The molecule has 2 amide bonds. The zero-order valence-corrected chi connectivity index (χ0v) is 19.1. The molecule has 1 aromatic carbocycles. The average Bonchev–Trinajstić information content (AvgIpc) is 3.37. The molecule has 3 aromatic rings.